The number of fused-ring (bicyclic) bond motifs is 1. The number of phenolic OH excluding ortho intramolecular Hbond substituents is 1. The highest BCUT2D eigenvalue weighted by Crippen LogP contribution is 2.35. The largest absolute Gasteiger partial charge is 0.573 e. The minimum Gasteiger partial charge on any atom is -0.505 e. The second-order valence-corrected chi connectivity index (χ2v) is 7.61. The molecule has 0 bridgehead atoms. The van der Waals surface area contributed by atoms with Gasteiger partial charge in [0.15, 0.2) is 0 Å². The molecule has 1 heterocycles. The van der Waals surface area contributed by atoms with Crippen LogP contribution in [0.4, 0.5) is 18.0 Å². The molecule has 7 nitrogen and oxygen atoms in total. The summed E-state index contributed by atoms with van der Waals surface area (Å²) in [6, 6.07) is 6.82. The van der Waals surface area contributed by atoms with Crippen molar-refractivity contribution in [3.8, 4) is 22.6 Å². The van der Waals surface area contributed by atoms with Gasteiger partial charge in [-0.1, -0.05) is 12.1 Å². The van der Waals surface area contributed by atoms with E-state index in [0.717, 1.165) is 0 Å². The number of hydrogen-bond donors (Lipinski definition) is 2. The molecule has 0 radical (unpaired) electrons. The zero-order valence-corrected chi connectivity index (χ0v) is 16.9. The molecule has 0 saturated carbocycles. The highest BCUT2D eigenvalue weighted by Gasteiger charge is 2.31. The molecule has 0 aliphatic rings. The van der Waals surface area contributed by atoms with E-state index in [-0.39, 0.29) is 23.6 Å². The molecule has 2 aromatic carbocycles. The number of amides is 1. The molecular weight excluding hydrogens is 415 g/mol. The van der Waals surface area contributed by atoms with Crippen molar-refractivity contribution < 1.29 is 32.5 Å². The molecule has 0 fully saturated rings. The number of phenols is 1. The average Bonchev–Trinajstić information content (AvgIpc) is 2.66. The van der Waals surface area contributed by atoms with Crippen LogP contribution < -0.4 is 10.1 Å². The number of rotatable bonds is 4. The van der Waals surface area contributed by atoms with Gasteiger partial charge in [-0.25, -0.2) is 9.78 Å². The van der Waals surface area contributed by atoms with Gasteiger partial charge in [0.25, 0.3) is 0 Å². The standard InChI is InChI=1S/C21H20F3N3O4/c1-20(2,3)31-19(29)27-11-13-10-15(16-17(18(13)28)26-9-8-25-16)12-4-6-14(7-5-12)30-21(22,23)24/h4-10,28H,11H2,1-3H3,(H,27,29). The van der Waals surface area contributed by atoms with Crippen LogP contribution in [0.5, 0.6) is 11.5 Å². The van der Waals surface area contributed by atoms with Crippen LogP contribution in [0.25, 0.3) is 22.2 Å². The van der Waals surface area contributed by atoms with Crippen LogP contribution in [-0.4, -0.2) is 33.1 Å². The summed E-state index contributed by atoms with van der Waals surface area (Å²) < 4.78 is 46.3. The molecule has 10 heteroatoms. The minimum atomic E-state index is -4.79. The van der Waals surface area contributed by atoms with E-state index in [1.807, 2.05) is 0 Å². The maximum atomic E-state index is 12.4. The molecule has 0 atom stereocenters. The Balaban J connectivity index is 1.96. The summed E-state index contributed by atoms with van der Waals surface area (Å²) in [6.07, 6.45) is -2.62. The smallest absolute Gasteiger partial charge is 0.505 e. The number of alkyl halides is 3. The van der Waals surface area contributed by atoms with Crippen molar-refractivity contribution >= 4 is 17.1 Å². The van der Waals surface area contributed by atoms with Crippen LogP contribution in [0, 0.1) is 0 Å². The fourth-order valence-corrected chi connectivity index (χ4v) is 2.84. The molecule has 0 aliphatic heterocycles. The first-order valence-electron chi connectivity index (χ1n) is 9.21. The minimum absolute atomic E-state index is 0.0600. The molecule has 2 N–H and O–H groups in total. The second kappa shape index (κ2) is 8.29. The van der Waals surface area contributed by atoms with Gasteiger partial charge in [0, 0.05) is 30.1 Å². The predicted molar refractivity (Wildman–Crippen MR) is 106 cm³/mol. The highest BCUT2D eigenvalue weighted by molar-refractivity contribution is 5.96. The molecule has 1 aromatic heterocycles. The van der Waals surface area contributed by atoms with Crippen molar-refractivity contribution in [2.75, 3.05) is 0 Å². The zero-order chi connectivity index (χ0) is 22.8. The maximum absolute atomic E-state index is 12.4. The number of alkyl carbamates (subject to hydrolysis) is 1. The number of benzene rings is 2. The number of hydrogen-bond acceptors (Lipinski definition) is 6. The van der Waals surface area contributed by atoms with Gasteiger partial charge in [-0.05, 0) is 44.5 Å². The molecule has 0 aliphatic carbocycles. The van der Waals surface area contributed by atoms with Gasteiger partial charge in [0.1, 0.15) is 28.1 Å². The number of nitrogens with one attached hydrogen (secondary N) is 1. The Morgan fingerprint density at radius 3 is 2.26 bits per heavy atom. The third-order valence-corrected chi connectivity index (χ3v) is 4.02. The van der Waals surface area contributed by atoms with E-state index in [1.165, 1.54) is 36.7 Å². The molecule has 3 rings (SSSR count). The van der Waals surface area contributed by atoms with Gasteiger partial charge < -0.3 is 19.9 Å². The topological polar surface area (TPSA) is 93.6 Å². The van der Waals surface area contributed by atoms with E-state index in [4.69, 9.17) is 4.74 Å². The van der Waals surface area contributed by atoms with E-state index in [1.54, 1.807) is 26.8 Å². The highest BCUT2D eigenvalue weighted by atomic mass is 19.4. The van der Waals surface area contributed by atoms with Crippen molar-refractivity contribution in [2.24, 2.45) is 0 Å². The maximum Gasteiger partial charge on any atom is 0.573 e. The lowest BCUT2D eigenvalue weighted by atomic mass is 9.99. The molecule has 0 unspecified atom stereocenters. The summed E-state index contributed by atoms with van der Waals surface area (Å²) in [7, 11) is 0. The summed E-state index contributed by atoms with van der Waals surface area (Å²) in [4.78, 5) is 20.4. The Kier molecular flexibility index (Phi) is 5.92. The summed E-state index contributed by atoms with van der Waals surface area (Å²) in [5.74, 6) is -0.530. The van der Waals surface area contributed by atoms with E-state index in [9.17, 15) is 23.1 Å². The SMILES string of the molecule is CC(C)(C)OC(=O)NCc1cc(-c2ccc(OC(F)(F)F)cc2)c2nccnc2c1O. The number of halogens is 3. The van der Waals surface area contributed by atoms with E-state index >= 15 is 0 Å². The third-order valence-electron chi connectivity index (χ3n) is 4.02. The monoisotopic (exact) mass is 435 g/mol. The number of aromatic nitrogens is 2. The lowest BCUT2D eigenvalue weighted by Gasteiger charge is -2.20. The first kappa shape index (κ1) is 22.1. The van der Waals surface area contributed by atoms with Crippen molar-refractivity contribution in [1.82, 2.24) is 15.3 Å². The number of carbonyl (C=O) groups is 1. The van der Waals surface area contributed by atoms with Crippen LogP contribution in [0.1, 0.15) is 26.3 Å². The molecule has 0 spiro atoms. The van der Waals surface area contributed by atoms with E-state index in [2.05, 4.69) is 20.0 Å². The van der Waals surface area contributed by atoms with Crippen molar-refractivity contribution in [3.63, 3.8) is 0 Å². The summed E-state index contributed by atoms with van der Waals surface area (Å²) in [5.41, 5.74) is 1.23. The molecular formula is C21H20F3N3O4. The van der Waals surface area contributed by atoms with Crippen LogP contribution in [0.2, 0.25) is 0 Å². The molecule has 1 amide bonds. The van der Waals surface area contributed by atoms with Crippen molar-refractivity contribution in [3.05, 3.63) is 48.3 Å². The molecule has 31 heavy (non-hydrogen) atoms. The normalized spacial score (nSPS) is 11.9. The Labute approximate surface area is 175 Å². The lowest BCUT2D eigenvalue weighted by molar-refractivity contribution is -0.274. The van der Waals surface area contributed by atoms with Crippen LogP contribution in [0.15, 0.2) is 42.7 Å². The van der Waals surface area contributed by atoms with Crippen LogP contribution in [-0.2, 0) is 11.3 Å². The van der Waals surface area contributed by atoms with Gasteiger partial charge in [0.05, 0.1) is 0 Å². The first-order valence-corrected chi connectivity index (χ1v) is 9.21. The fourth-order valence-electron chi connectivity index (χ4n) is 2.84. The summed E-state index contributed by atoms with van der Waals surface area (Å²) in [6.45, 7) is 5.11. The number of ether oxygens (including phenoxy) is 2. The predicted octanol–water partition coefficient (Wildman–Crippen LogP) is 4.93. The van der Waals surface area contributed by atoms with E-state index < -0.39 is 18.1 Å². The lowest BCUT2D eigenvalue weighted by Crippen LogP contribution is -2.32. The Morgan fingerprint density at radius 2 is 1.68 bits per heavy atom. The van der Waals surface area contributed by atoms with Gasteiger partial charge in [0.2, 0.25) is 0 Å². The Hall–Kier alpha value is -3.56. The second-order valence-electron chi connectivity index (χ2n) is 7.61. The number of aromatic hydroxyl groups is 1. The summed E-state index contributed by atoms with van der Waals surface area (Å²) >= 11 is 0. The summed E-state index contributed by atoms with van der Waals surface area (Å²) in [5, 5.41) is 13.2. The fraction of sp³-hybridized carbons (Fsp3) is 0.286. The van der Waals surface area contributed by atoms with Gasteiger partial charge >= 0.3 is 12.5 Å². The Morgan fingerprint density at radius 1 is 1.06 bits per heavy atom. The molecule has 3 aromatic rings. The van der Waals surface area contributed by atoms with E-state index in [0.29, 0.717) is 22.2 Å². The quantitative estimate of drug-likeness (QED) is 0.604. The molecule has 0 saturated heterocycles. The van der Waals surface area contributed by atoms with Crippen molar-refractivity contribution in [1.29, 1.82) is 0 Å². The Bertz CT molecular complexity index is 1090. The van der Waals surface area contributed by atoms with Crippen molar-refractivity contribution in [2.45, 2.75) is 39.3 Å². The number of carbonyl (C=O) groups excluding carboxylic acids is 1. The van der Waals surface area contributed by atoms with Gasteiger partial charge in [-0.3, -0.25) is 4.98 Å². The third kappa shape index (κ3) is 5.74. The molecule has 164 valence electrons. The van der Waals surface area contributed by atoms with Gasteiger partial charge in [-0.2, -0.15) is 0 Å². The average molecular weight is 435 g/mol. The van der Waals surface area contributed by atoms with Gasteiger partial charge in [-0.15, -0.1) is 13.2 Å². The first-order chi connectivity index (χ1) is 14.4. The van der Waals surface area contributed by atoms with Crippen LogP contribution >= 0.6 is 0 Å². The van der Waals surface area contributed by atoms with Crippen LogP contribution in [0.3, 0.4) is 0 Å². The number of nitrogens with zero attached hydrogens (tertiary/aromatic N) is 2. The zero-order valence-electron chi connectivity index (χ0n) is 16.9.